The van der Waals surface area contributed by atoms with Crippen molar-refractivity contribution >= 4 is 23.3 Å². The molecule has 0 bridgehead atoms. The highest BCUT2D eigenvalue weighted by atomic mass is 16.6. The lowest BCUT2D eigenvalue weighted by Gasteiger charge is -2.37. The lowest BCUT2D eigenvalue weighted by molar-refractivity contribution is -0.384. The number of allylic oxidation sites excluding steroid dienone is 2. The van der Waals surface area contributed by atoms with Crippen molar-refractivity contribution in [1.29, 1.82) is 0 Å². The van der Waals surface area contributed by atoms with Crippen molar-refractivity contribution in [2.75, 3.05) is 12.4 Å². The van der Waals surface area contributed by atoms with Gasteiger partial charge in [0.15, 0.2) is 0 Å². The maximum Gasteiger partial charge on any atom is 0.343 e. The van der Waals surface area contributed by atoms with Crippen molar-refractivity contribution in [1.82, 2.24) is 0 Å². The summed E-state index contributed by atoms with van der Waals surface area (Å²) in [4.78, 5) is 35.6. The summed E-state index contributed by atoms with van der Waals surface area (Å²) in [6, 6.07) is 18.4. The Labute approximate surface area is 201 Å². The lowest BCUT2D eigenvalue weighted by atomic mass is 9.76. The molecule has 8 nitrogen and oxygen atoms in total. The summed E-state index contributed by atoms with van der Waals surface area (Å²) in [5, 5.41) is 14.6. The van der Waals surface area contributed by atoms with Crippen LogP contribution in [0.25, 0.3) is 0 Å². The molecule has 3 atom stereocenters. The number of esters is 2. The van der Waals surface area contributed by atoms with Gasteiger partial charge in [0, 0.05) is 23.7 Å². The van der Waals surface area contributed by atoms with Crippen molar-refractivity contribution in [3.8, 4) is 5.75 Å². The molecule has 0 fully saturated rings. The van der Waals surface area contributed by atoms with E-state index in [1.165, 1.54) is 25.3 Å². The number of rotatable bonds is 5. The second-order valence-electron chi connectivity index (χ2n) is 8.50. The smallest absolute Gasteiger partial charge is 0.343 e. The van der Waals surface area contributed by atoms with Gasteiger partial charge in [-0.25, -0.2) is 9.59 Å². The third-order valence-corrected chi connectivity index (χ3v) is 6.56. The number of nitro groups is 1. The van der Waals surface area contributed by atoms with Crippen molar-refractivity contribution in [2.45, 2.75) is 18.4 Å². The molecule has 0 radical (unpaired) electrons. The molecule has 1 N–H and O–H groups in total. The number of hydrogen-bond acceptors (Lipinski definition) is 7. The molecule has 3 aromatic rings. The standard InChI is InChI=1S/C27H22N2O6/c1-34-27(31)21-5-2-3-8-24(21)35-26(30)17-11-14-23-22(15-17)19-6-4-7-20(19)25(28-23)16-9-12-18(13-10-16)29(32)33/h2-6,8-15,19-20,25,28H,7H2,1H3/t19-,20+,25+/m1/s1. The van der Waals surface area contributed by atoms with E-state index in [0.717, 1.165) is 23.2 Å². The molecule has 2 aliphatic rings. The minimum atomic E-state index is -0.584. The molecule has 176 valence electrons. The molecule has 0 unspecified atom stereocenters. The Morgan fingerprint density at radius 3 is 2.54 bits per heavy atom. The topological polar surface area (TPSA) is 108 Å². The Hall–Kier alpha value is -4.46. The van der Waals surface area contributed by atoms with E-state index < -0.39 is 16.9 Å². The van der Waals surface area contributed by atoms with Crippen LogP contribution in [0.2, 0.25) is 0 Å². The number of non-ortho nitro benzene ring substituents is 1. The first-order valence-corrected chi connectivity index (χ1v) is 11.2. The number of benzene rings is 3. The third-order valence-electron chi connectivity index (χ3n) is 6.56. The Kier molecular flexibility index (Phi) is 5.78. The SMILES string of the molecule is COC(=O)c1ccccc1OC(=O)c1ccc2c(c1)[C@@H]1C=CC[C@@H]1[C@H](c1ccc([N+](=O)[O-])cc1)N2. The number of fused-ring (bicyclic) bond motifs is 3. The summed E-state index contributed by atoms with van der Waals surface area (Å²) in [7, 11) is 1.27. The molecule has 1 aliphatic carbocycles. The van der Waals surface area contributed by atoms with Gasteiger partial charge >= 0.3 is 11.9 Å². The molecule has 0 amide bonds. The molecule has 5 rings (SSSR count). The zero-order valence-corrected chi connectivity index (χ0v) is 18.8. The number of carbonyl (C=O) groups excluding carboxylic acids is 2. The Morgan fingerprint density at radius 1 is 1.03 bits per heavy atom. The largest absolute Gasteiger partial charge is 0.465 e. The summed E-state index contributed by atoms with van der Waals surface area (Å²) < 4.78 is 10.3. The van der Waals surface area contributed by atoms with Gasteiger partial charge in [-0.15, -0.1) is 0 Å². The van der Waals surface area contributed by atoms with Gasteiger partial charge in [-0.3, -0.25) is 10.1 Å². The number of hydrogen-bond donors (Lipinski definition) is 1. The number of nitro benzene ring substituents is 1. The van der Waals surface area contributed by atoms with Crippen LogP contribution in [0.1, 0.15) is 50.2 Å². The molecular weight excluding hydrogens is 448 g/mol. The summed E-state index contributed by atoms with van der Waals surface area (Å²) >= 11 is 0. The van der Waals surface area contributed by atoms with Gasteiger partial charge in [-0.2, -0.15) is 0 Å². The van der Waals surface area contributed by atoms with E-state index in [1.807, 2.05) is 12.1 Å². The van der Waals surface area contributed by atoms with Crippen LogP contribution < -0.4 is 10.1 Å². The Bertz CT molecular complexity index is 1350. The Morgan fingerprint density at radius 2 is 1.80 bits per heavy atom. The molecule has 0 saturated carbocycles. The molecule has 1 aliphatic heterocycles. The normalized spacial score (nSPS) is 19.7. The van der Waals surface area contributed by atoms with Gasteiger partial charge in [-0.1, -0.05) is 36.4 Å². The fourth-order valence-electron chi connectivity index (χ4n) is 4.85. The van der Waals surface area contributed by atoms with Gasteiger partial charge in [-0.05, 0) is 53.8 Å². The number of carbonyl (C=O) groups is 2. The maximum atomic E-state index is 13.0. The van der Waals surface area contributed by atoms with Crippen LogP contribution in [-0.4, -0.2) is 24.0 Å². The van der Waals surface area contributed by atoms with E-state index in [1.54, 1.807) is 36.4 Å². The average Bonchev–Trinajstić information content (AvgIpc) is 3.38. The molecule has 8 heteroatoms. The number of ether oxygens (including phenoxy) is 2. The number of nitrogens with zero attached hydrogens (tertiary/aromatic N) is 1. The second-order valence-corrected chi connectivity index (χ2v) is 8.50. The maximum absolute atomic E-state index is 13.0. The second kappa shape index (κ2) is 9.06. The minimum absolute atomic E-state index is 0.0203. The van der Waals surface area contributed by atoms with Crippen molar-refractivity contribution < 1.29 is 24.0 Å². The monoisotopic (exact) mass is 470 g/mol. The zero-order valence-electron chi connectivity index (χ0n) is 18.8. The quantitative estimate of drug-likeness (QED) is 0.174. The highest BCUT2D eigenvalue weighted by Gasteiger charge is 2.38. The molecule has 35 heavy (non-hydrogen) atoms. The van der Waals surface area contributed by atoms with Gasteiger partial charge in [0.2, 0.25) is 0 Å². The zero-order chi connectivity index (χ0) is 24.5. The Balaban J connectivity index is 1.42. The van der Waals surface area contributed by atoms with Crippen LogP contribution in [0, 0.1) is 16.0 Å². The van der Waals surface area contributed by atoms with E-state index in [2.05, 4.69) is 17.5 Å². The molecule has 1 heterocycles. The first-order valence-electron chi connectivity index (χ1n) is 11.2. The molecule has 0 aromatic heterocycles. The molecule has 0 saturated heterocycles. The van der Waals surface area contributed by atoms with Crippen LogP contribution >= 0.6 is 0 Å². The van der Waals surface area contributed by atoms with E-state index in [0.29, 0.717) is 5.56 Å². The number of methoxy groups -OCH3 is 1. The van der Waals surface area contributed by atoms with Crippen LogP contribution in [0.15, 0.2) is 78.9 Å². The van der Waals surface area contributed by atoms with Crippen LogP contribution in [0.3, 0.4) is 0 Å². The summed E-state index contributed by atoms with van der Waals surface area (Å²) in [6.07, 6.45) is 5.12. The van der Waals surface area contributed by atoms with Crippen LogP contribution in [-0.2, 0) is 4.74 Å². The summed E-state index contributed by atoms with van der Waals surface area (Å²) in [5.41, 5.74) is 3.46. The van der Waals surface area contributed by atoms with E-state index in [4.69, 9.17) is 9.47 Å². The highest BCUT2D eigenvalue weighted by Crippen LogP contribution is 2.50. The lowest BCUT2D eigenvalue weighted by Crippen LogP contribution is -2.29. The number of nitrogens with one attached hydrogen (secondary N) is 1. The number of para-hydroxylation sites is 1. The van der Waals surface area contributed by atoms with E-state index in [9.17, 15) is 19.7 Å². The van der Waals surface area contributed by atoms with Crippen molar-refractivity contribution in [3.63, 3.8) is 0 Å². The third kappa shape index (κ3) is 4.14. The van der Waals surface area contributed by atoms with Crippen LogP contribution in [0.5, 0.6) is 5.75 Å². The fraction of sp³-hybridized carbons (Fsp3) is 0.185. The van der Waals surface area contributed by atoms with E-state index >= 15 is 0 Å². The van der Waals surface area contributed by atoms with E-state index in [-0.39, 0.29) is 34.9 Å². The fourth-order valence-corrected chi connectivity index (χ4v) is 4.85. The molecule has 3 aromatic carbocycles. The van der Waals surface area contributed by atoms with Gasteiger partial charge in [0.05, 0.1) is 23.6 Å². The first-order chi connectivity index (χ1) is 17.0. The van der Waals surface area contributed by atoms with Gasteiger partial charge in [0.25, 0.3) is 5.69 Å². The summed E-state index contributed by atoms with van der Waals surface area (Å²) in [5.74, 6) is -0.728. The van der Waals surface area contributed by atoms with Gasteiger partial charge < -0.3 is 14.8 Å². The van der Waals surface area contributed by atoms with Gasteiger partial charge in [0.1, 0.15) is 11.3 Å². The molecule has 0 spiro atoms. The minimum Gasteiger partial charge on any atom is -0.465 e. The number of anilines is 1. The predicted octanol–water partition coefficient (Wildman–Crippen LogP) is 5.43. The predicted molar refractivity (Wildman–Crippen MR) is 129 cm³/mol. The molecular formula is C27H22N2O6. The first kappa shape index (κ1) is 22.3. The summed E-state index contributed by atoms with van der Waals surface area (Å²) in [6.45, 7) is 0. The van der Waals surface area contributed by atoms with Crippen molar-refractivity contribution in [3.05, 3.63) is 111 Å². The van der Waals surface area contributed by atoms with Crippen molar-refractivity contribution in [2.24, 2.45) is 5.92 Å². The highest BCUT2D eigenvalue weighted by molar-refractivity contribution is 5.96. The van der Waals surface area contributed by atoms with Crippen LogP contribution in [0.4, 0.5) is 11.4 Å². The average molecular weight is 470 g/mol.